The van der Waals surface area contributed by atoms with E-state index in [4.69, 9.17) is 11.6 Å². The molecule has 0 N–H and O–H groups in total. The lowest BCUT2D eigenvalue weighted by Gasteiger charge is -2.01. The Morgan fingerprint density at radius 1 is 1.50 bits per heavy atom. The van der Waals surface area contributed by atoms with Crippen LogP contribution in [0.5, 0.6) is 0 Å². The normalized spacial score (nSPS) is 14.4. The average Bonchev–Trinajstić information content (AvgIpc) is 2.21. The van der Waals surface area contributed by atoms with Gasteiger partial charge in [0.05, 0.1) is 5.88 Å². The van der Waals surface area contributed by atoms with Crippen molar-refractivity contribution >= 4 is 17.4 Å². The average molecular weight is 187 g/mol. The Morgan fingerprint density at radius 2 is 2.17 bits per heavy atom. The molecule has 1 nitrogen and oxygen atoms in total. The van der Waals surface area contributed by atoms with Gasteiger partial charge in [-0.1, -0.05) is 32.1 Å². The summed E-state index contributed by atoms with van der Waals surface area (Å²) in [6.45, 7) is 4.00. The van der Waals surface area contributed by atoms with Crippen molar-refractivity contribution in [3.63, 3.8) is 0 Å². The summed E-state index contributed by atoms with van der Waals surface area (Å²) in [5, 5.41) is 0. The molecule has 0 spiro atoms. The molecule has 0 heterocycles. The van der Waals surface area contributed by atoms with Gasteiger partial charge in [0.25, 0.3) is 0 Å². The molecule has 68 valence electrons. The number of ketones is 1. The second kappa shape index (κ2) is 7.11. The summed E-state index contributed by atoms with van der Waals surface area (Å²) in [5.41, 5.74) is 0.765. The molecule has 0 atom stereocenters. The monoisotopic (exact) mass is 186 g/mol. The summed E-state index contributed by atoms with van der Waals surface area (Å²) in [4.78, 5) is 10.9. The summed E-state index contributed by atoms with van der Waals surface area (Å²) < 4.78 is 0. The number of halogens is 1. The molecule has 0 aromatic rings. The van der Waals surface area contributed by atoms with E-state index in [0.717, 1.165) is 18.4 Å². The van der Waals surface area contributed by atoms with E-state index in [0.29, 0.717) is 0 Å². The fourth-order valence-electron chi connectivity index (χ4n) is 0.897. The van der Waals surface area contributed by atoms with Crippen molar-refractivity contribution in [2.24, 2.45) is 0 Å². The maximum absolute atomic E-state index is 10.9. The lowest BCUT2D eigenvalue weighted by atomic mass is 10.0. The summed E-state index contributed by atoms with van der Waals surface area (Å²) in [5.74, 6) is 0.119. The smallest absolute Gasteiger partial charge is 0.177 e. The molecule has 1 aliphatic rings. The van der Waals surface area contributed by atoms with Crippen LogP contribution in [0.4, 0.5) is 0 Å². The molecule has 0 aromatic carbocycles. The van der Waals surface area contributed by atoms with Gasteiger partial charge >= 0.3 is 0 Å². The Kier molecular flexibility index (Phi) is 6.78. The van der Waals surface area contributed by atoms with Gasteiger partial charge in [-0.15, -0.1) is 11.6 Å². The molecule has 0 unspecified atom stereocenters. The number of allylic oxidation sites excluding steroid dienone is 4. The molecule has 0 fully saturated rings. The van der Waals surface area contributed by atoms with Gasteiger partial charge in [0.2, 0.25) is 0 Å². The van der Waals surface area contributed by atoms with Crippen LogP contribution in [0.3, 0.4) is 0 Å². The molecule has 0 aliphatic heterocycles. The fourth-order valence-corrected chi connectivity index (χ4v) is 1.05. The van der Waals surface area contributed by atoms with Crippen molar-refractivity contribution in [3.05, 3.63) is 23.8 Å². The number of Topliss-reactive ketones (excluding diaryl/α,β-unsaturated/α-hetero) is 1. The Morgan fingerprint density at radius 3 is 2.58 bits per heavy atom. The highest BCUT2D eigenvalue weighted by Gasteiger charge is 2.05. The first-order valence-corrected chi connectivity index (χ1v) is 4.84. The molecule has 0 bridgehead atoms. The van der Waals surface area contributed by atoms with Crippen molar-refractivity contribution < 1.29 is 4.79 Å². The zero-order valence-electron chi connectivity index (χ0n) is 7.64. The minimum Gasteiger partial charge on any atom is -0.293 e. The van der Waals surface area contributed by atoms with Gasteiger partial charge in [0.15, 0.2) is 5.78 Å². The van der Waals surface area contributed by atoms with E-state index in [9.17, 15) is 4.79 Å². The Hall–Kier alpha value is -0.560. The number of hydrogen-bond donors (Lipinski definition) is 0. The minimum atomic E-state index is 0.0256. The molecular weight excluding hydrogens is 172 g/mol. The van der Waals surface area contributed by atoms with E-state index in [1.807, 2.05) is 32.1 Å². The van der Waals surface area contributed by atoms with Crippen LogP contribution in [0.25, 0.3) is 0 Å². The Balaban J connectivity index is 0.000000561. The maximum Gasteiger partial charge on any atom is 0.177 e. The number of hydrogen-bond acceptors (Lipinski definition) is 1. The molecule has 0 saturated heterocycles. The van der Waals surface area contributed by atoms with Crippen LogP contribution in [0.1, 0.15) is 26.7 Å². The SMILES string of the molecule is CC.O=C(CCl)C1=CCCC=C1. The van der Waals surface area contributed by atoms with Gasteiger partial charge in [-0.05, 0) is 12.8 Å². The largest absolute Gasteiger partial charge is 0.293 e. The Labute approximate surface area is 79.1 Å². The molecule has 12 heavy (non-hydrogen) atoms. The van der Waals surface area contributed by atoms with E-state index in [1.54, 1.807) is 0 Å². The van der Waals surface area contributed by atoms with E-state index in [2.05, 4.69) is 0 Å². The third kappa shape index (κ3) is 3.72. The van der Waals surface area contributed by atoms with Crippen LogP contribution in [-0.4, -0.2) is 11.7 Å². The highest BCUT2D eigenvalue weighted by atomic mass is 35.5. The van der Waals surface area contributed by atoms with E-state index in [1.165, 1.54) is 0 Å². The number of carbonyl (C=O) groups is 1. The highest BCUT2D eigenvalue weighted by Crippen LogP contribution is 2.10. The number of carbonyl (C=O) groups excluding carboxylic acids is 1. The molecule has 2 heteroatoms. The summed E-state index contributed by atoms with van der Waals surface area (Å²) in [6, 6.07) is 0. The maximum atomic E-state index is 10.9. The molecule has 1 aliphatic carbocycles. The van der Waals surface area contributed by atoms with E-state index < -0.39 is 0 Å². The van der Waals surface area contributed by atoms with Crippen molar-refractivity contribution in [1.29, 1.82) is 0 Å². The van der Waals surface area contributed by atoms with Crippen LogP contribution < -0.4 is 0 Å². The molecule has 0 saturated carbocycles. The van der Waals surface area contributed by atoms with Gasteiger partial charge in [0.1, 0.15) is 0 Å². The summed E-state index contributed by atoms with van der Waals surface area (Å²) in [6.07, 6.45) is 7.78. The molecule has 0 amide bonds. The first-order chi connectivity index (χ1) is 5.84. The molecular formula is C10H15ClO. The standard InChI is InChI=1S/C8H9ClO.C2H6/c9-6-8(10)7-4-2-1-3-5-7;1-2/h2,4-5H,1,3,6H2;1-2H3. The van der Waals surface area contributed by atoms with Gasteiger partial charge in [0, 0.05) is 5.57 Å². The minimum absolute atomic E-state index is 0.0256. The molecule has 0 aromatic heterocycles. The lowest BCUT2D eigenvalue weighted by Crippen LogP contribution is -2.02. The molecule has 0 radical (unpaired) electrons. The second-order valence-corrected chi connectivity index (χ2v) is 2.46. The van der Waals surface area contributed by atoms with Crippen molar-refractivity contribution in [1.82, 2.24) is 0 Å². The first kappa shape index (κ1) is 11.4. The highest BCUT2D eigenvalue weighted by molar-refractivity contribution is 6.30. The van der Waals surface area contributed by atoms with Gasteiger partial charge in [-0.25, -0.2) is 0 Å². The topological polar surface area (TPSA) is 17.1 Å². The predicted octanol–water partition coefficient (Wildman–Crippen LogP) is 3.10. The predicted molar refractivity (Wildman–Crippen MR) is 53.5 cm³/mol. The summed E-state index contributed by atoms with van der Waals surface area (Å²) >= 11 is 5.36. The zero-order chi connectivity index (χ0) is 9.40. The second-order valence-electron chi connectivity index (χ2n) is 2.20. The van der Waals surface area contributed by atoms with Crippen LogP contribution in [0, 0.1) is 0 Å². The van der Waals surface area contributed by atoms with E-state index in [-0.39, 0.29) is 11.7 Å². The number of rotatable bonds is 2. The molecule has 1 rings (SSSR count). The first-order valence-electron chi connectivity index (χ1n) is 4.30. The van der Waals surface area contributed by atoms with Gasteiger partial charge in [-0.3, -0.25) is 4.79 Å². The van der Waals surface area contributed by atoms with E-state index >= 15 is 0 Å². The van der Waals surface area contributed by atoms with Gasteiger partial charge in [-0.2, -0.15) is 0 Å². The van der Waals surface area contributed by atoms with Crippen LogP contribution in [-0.2, 0) is 4.79 Å². The van der Waals surface area contributed by atoms with Crippen LogP contribution >= 0.6 is 11.6 Å². The summed E-state index contributed by atoms with van der Waals surface area (Å²) in [7, 11) is 0. The third-order valence-corrected chi connectivity index (χ3v) is 1.68. The zero-order valence-corrected chi connectivity index (χ0v) is 8.40. The van der Waals surface area contributed by atoms with Crippen LogP contribution in [0.2, 0.25) is 0 Å². The van der Waals surface area contributed by atoms with Crippen LogP contribution in [0.15, 0.2) is 23.8 Å². The third-order valence-electron chi connectivity index (χ3n) is 1.44. The fraction of sp³-hybridized carbons (Fsp3) is 0.500. The van der Waals surface area contributed by atoms with Crippen molar-refractivity contribution in [2.75, 3.05) is 5.88 Å². The Bertz CT molecular complexity index is 192. The lowest BCUT2D eigenvalue weighted by molar-refractivity contribution is -0.113. The van der Waals surface area contributed by atoms with Gasteiger partial charge < -0.3 is 0 Å². The van der Waals surface area contributed by atoms with Crippen molar-refractivity contribution in [3.8, 4) is 0 Å². The number of alkyl halides is 1. The quantitative estimate of drug-likeness (QED) is 0.606. The van der Waals surface area contributed by atoms with Crippen molar-refractivity contribution in [2.45, 2.75) is 26.7 Å².